The second-order valence-corrected chi connectivity index (χ2v) is 5.32. The molecule has 0 atom stereocenters. The molecule has 92 valence electrons. The van der Waals surface area contributed by atoms with Crippen LogP contribution in [0, 0.1) is 0 Å². The molecule has 0 saturated heterocycles. The van der Waals surface area contributed by atoms with Crippen LogP contribution in [0.15, 0.2) is 36.4 Å². The Kier molecular flexibility index (Phi) is 4.39. The first kappa shape index (κ1) is 13.1. The summed E-state index contributed by atoms with van der Waals surface area (Å²) in [5.41, 5.74) is 1.76. The summed E-state index contributed by atoms with van der Waals surface area (Å²) in [6, 6.07) is 9.84. The number of halogens is 1. The quantitative estimate of drug-likeness (QED) is 0.788. The van der Waals surface area contributed by atoms with Crippen molar-refractivity contribution in [1.82, 2.24) is 4.98 Å². The zero-order chi connectivity index (χ0) is 13.0. The van der Waals surface area contributed by atoms with Crippen molar-refractivity contribution in [2.24, 2.45) is 0 Å². The van der Waals surface area contributed by atoms with E-state index in [0.717, 1.165) is 16.5 Å². The summed E-state index contributed by atoms with van der Waals surface area (Å²) in [7, 11) is 0. The fraction of sp³-hybridized carbons (Fsp3) is 0.143. The lowest BCUT2D eigenvalue weighted by Gasteiger charge is -2.01. The molecule has 1 heterocycles. The molecule has 0 aliphatic rings. The lowest BCUT2D eigenvalue weighted by Crippen LogP contribution is -1.85. The van der Waals surface area contributed by atoms with Gasteiger partial charge in [-0.3, -0.25) is 4.79 Å². The molecule has 2 rings (SSSR count). The van der Waals surface area contributed by atoms with Crippen LogP contribution in [0.3, 0.4) is 0 Å². The Morgan fingerprint density at radius 1 is 1.44 bits per heavy atom. The van der Waals surface area contributed by atoms with Gasteiger partial charge in [0.2, 0.25) is 0 Å². The fourth-order valence-corrected chi connectivity index (χ4v) is 2.20. The minimum atomic E-state index is 0.113. The Hall–Kier alpha value is -1.32. The maximum absolute atomic E-state index is 10.8. The molecule has 18 heavy (non-hydrogen) atoms. The first-order chi connectivity index (χ1) is 8.66. The molecule has 0 N–H and O–H groups in total. The van der Waals surface area contributed by atoms with Gasteiger partial charge in [-0.1, -0.05) is 53.7 Å². The first-order valence-corrected chi connectivity index (χ1v) is 6.88. The highest BCUT2D eigenvalue weighted by Gasteiger charge is 2.01. The number of nitrogens with zero attached hydrogens (tertiary/aromatic N) is 1. The number of aromatic nitrogens is 1. The summed E-state index contributed by atoms with van der Waals surface area (Å²) < 4.78 is 0. The van der Waals surface area contributed by atoms with E-state index in [9.17, 15) is 4.79 Å². The second-order valence-electron chi connectivity index (χ2n) is 3.77. The van der Waals surface area contributed by atoms with E-state index in [0.29, 0.717) is 10.9 Å². The molecule has 0 amide bonds. The monoisotopic (exact) mass is 277 g/mol. The van der Waals surface area contributed by atoms with E-state index in [-0.39, 0.29) is 5.12 Å². The normalized spacial score (nSPS) is 11.2. The van der Waals surface area contributed by atoms with Crippen molar-refractivity contribution in [3.8, 4) is 0 Å². The van der Waals surface area contributed by atoms with Crippen molar-refractivity contribution < 1.29 is 4.79 Å². The number of fused-ring (bicyclic) bond motifs is 1. The third-order valence-electron chi connectivity index (χ3n) is 2.38. The predicted octanol–water partition coefficient (Wildman–Crippen LogP) is 4.18. The van der Waals surface area contributed by atoms with Crippen LogP contribution in [0.2, 0.25) is 5.15 Å². The number of pyridine rings is 1. The van der Waals surface area contributed by atoms with Crippen LogP contribution < -0.4 is 0 Å². The zero-order valence-corrected chi connectivity index (χ0v) is 11.5. The van der Waals surface area contributed by atoms with Gasteiger partial charge >= 0.3 is 0 Å². The van der Waals surface area contributed by atoms with Crippen molar-refractivity contribution in [3.63, 3.8) is 0 Å². The topological polar surface area (TPSA) is 30.0 Å². The fourth-order valence-electron chi connectivity index (χ4n) is 1.57. The molecule has 0 bridgehead atoms. The maximum Gasteiger partial charge on any atom is 0.186 e. The third kappa shape index (κ3) is 3.34. The number of hydrogen-bond donors (Lipinski definition) is 0. The van der Waals surface area contributed by atoms with Crippen molar-refractivity contribution in [3.05, 3.63) is 47.1 Å². The molecule has 2 aromatic rings. The van der Waals surface area contributed by atoms with Gasteiger partial charge in [0.15, 0.2) is 5.12 Å². The van der Waals surface area contributed by atoms with E-state index in [2.05, 4.69) is 4.98 Å². The number of rotatable bonds is 3. The summed E-state index contributed by atoms with van der Waals surface area (Å²) >= 11 is 7.38. The summed E-state index contributed by atoms with van der Waals surface area (Å²) in [6.07, 6.45) is 3.82. The summed E-state index contributed by atoms with van der Waals surface area (Å²) in [5, 5.41) is 1.65. The molecule has 0 fully saturated rings. The number of para-hydroxylation sites is 1. The van der Waals surface area contributed by atoms with Crippen LogP contribution in [0.5, 0.6) is 0 Å². The molecule has 0 aliphatic carbocycles. The maximum atomic E-state index is 10.8. The second kappa shape index (κ2) is 6.03. The Morgan fingerprint density at radius 2 is 2.22 bits per heavy atom. The molecule has 4 heteroatoms. The first-order valence-electron chi connectivity index (χ1n) is 5.52. The van der Waals surface area contributed by atoms with Crippen molar-refractivity contribution in [2.45, 2.75) is 6.92 Å². The van der Waals surface area contributed by atoms with Crippen molar-refractivity contribution in [1.29, 1.82) is 0 Å². The lowest BCUT2D eigenvalue weighted by atomic mass is 10.1. The summed E-state index contributed by atoms with van der Waals surface area (Å²) in [5.74, 6) is 0.651. The number of benzene rings is 1. The van der Waals surface area contributed by atoms with Gasteiger partial charge < -0.3 is 0 Å². The summed E-state index contributed by atoms with van der Waals surface area (Å²) in [4.78, 5) is 15.1. The molecule has 1 aromatic heterocycles. The van der Waals surface area contributed by atoms with Crippen LogP contribution in [0.25, 0.3) is 17.0 Å². The highest BCUT2D eigenvalue weighted by molar-refractivity contribution is 8.13. The van der Waals surface area contributed by atoms with E-state index in [4.69, 9.17) is 11.6 Å². The predicted molar refractivity (Wildman–Crippen MR) is 78.9 cm³/mol. The minimum Gasteiger partial charge on any atom is -0.288 e. The Morgan fingerprint density at radius 3 is 3.00 bits per heavy atom. The zero-order valence-electron chi connectivity index (χ0n) is 9.89. The van der Waals surface area contributed by atoms with Gasteiger partial charge in [0.1, 0.15) is 5.15 Å². The smallest absolute Gasteiger partial charge is 0.186 e. The van der Waals surface area contributed by atoms with Gasteiger partial charge in [-0.15, -0.1) is 0 Å². The molecule has 0 radical (unpaired) electrons. The molecule has 0 saturated carbocycles. The molecule has 1 aromatic carbocycles. The van der Waals surface area contributed by atoms with Crippen LogP contribution in [-0.2, 0) is 4.79 Å². The standard InChI is InChI=1S/C14H12ClNOS/c1-10(17)18-8-4-6-12-9-11-5-2-3-7-13(11)16-14(12)15/h2-7,9H,8H2,1H3. The van der Waals surface area contributed by atoms with Gasteiger partial charge in [0.25, 0.3) is 0 Å². The number of carbonyl (C=O) groups is 1. The lowest BCUT2D eigenvalue weighted by molar-refractivity contribution is -0.109. The van der Waals surface area contributed by atoms with Gasteiger partial charge in [-0.2, -0.15) is 0 Å². The van der Waals surface area contributed by atoms with Gasteiger partial charge in [-0.25, -0.2) is 4.98 Å². The molecular formula is C14H12ClNOS. The molecule has 0 unspecified atom stereocenters. The average Bonchev–Trinajstić information content (AvgIpc) is 2.34. The molecule has 0 aliphatic heterocycles. The van der Waals surface area contributed by atoms with E-state index in [1.54, 1.807) is 6.92 Å². The minimum absolute atomic E-state index is 0.113. The SMILES string of the molecule is CC(=O)SCC=Cc1cc2ccccc2nc1Cl. The number of thioether (sulfide) groups is 1. The van der Waals surface area contributed by atoms with Crippen molar-refractivity contribution >= 4 is 45.5 Å². The number of carbonyl (C=O) groups excluding carboxylic acids is 1. The summed E-state index contributed by atoms with van der Waals surface area (Å²) in [6.45, 7) is 1.56. The average molecular weight is 278 g/mol. The van der Waals surface area contributed by atoms with E-state index in [1.807, 2.05) is 42.5 Å². The van der Waals surface area contributed by atoms with Gasteiger partial charge in [0, 0.05) is 23.6 Å². The molecule has 0 spiro atoms. The Bertz CT molecular complexity index is 610. The van der Waals surface area contributed by atoms with E-state index >= 15 is 0 Å². The van der Waals surface area contributed by atoms with Crippen LogP contribution >= 0.6 is 23.4 Å². The largest absolute Gasteiger partial charge is 0.288 e. The van der Waals surface area contributed by atoms with E-state index < -0.39 is 0 Å². The van der Waals surface area contributed by atoms with Crippen molar-refractivity contribution in [2.75, 3.05) is 5.75 Å². The molecular weight excluding hydrogens is 266 g/mol. The van der Waals surface area contributed by atoms with Crippen LogP contribution in [0.4, 0.5) is 0 Å². The highest BCUT2D eigenvalue weighted by Crippen LogP contribution is 2.21. The van der Waals surface area contributed by atoms with Crippen LogP contribution in [0.1, 0.15) is 12.5 Å². The Labute approximate surface area is 115 Å². The molecule has 2 nitrogen and oxygen atoms in total. The Balaban J connectivity index is 2.22. The highest BCUT2D eigenvalue weighted by atomic mass is 35.5. The van der Waals surface area contributed by atoms with E-state index in [1.165, 1.54) is 11.8 Å². The number of hydrogen-bond acceptors (Lipinski definition) is 3. The van der Waals surface area contributed by atoms with Gasteiger partial charge in [-0.05, 0) is 12.1 Å². The van der Waals surface area contributed by atoms with Crippen LogP contribution in [-0.4, -0.2) is 15.9 Å². The van der Waals surface area contributed by atoms with Gasteiger partial charge in [0.05, 0.1) is 5.52 Å². The third-order valence-corrected chi connectivity index (χ3v) is 3.45.